The van der Waals surface area contributed by atoms with Gasteiger partial charge in [0.05, 0.1) is 18.3 Å². The average molecular weight is 232 g/mol. The first-order chi connectivity index (χ1) is 7.69. The van der Waals surface area contributed by atoms with E-state index < -0.39 is 6.10 Å². The molecular weight excluding hydrogens is 212 g/mol. The molecule has 0 bridgehead atoms. The third-order valence-electron chi connectivity index (χ3n) is 2.50. The van der Waals surface area contributed by atoms with Crippen molar-refractivity contribution in [3.63, 3.8) is 0 Å². The van der Waals surface area contributed by atoms with E-state index in [4.69, 9.17) is 18.9 Å². The molecule has 1 unspecified atom stereocenters. The van der Waals surface area contributed by atoms with Crippen LogP contribution >= 0.6 is 0 Å². The van der Waals surface area contributed by atoms with Gasteiger partial charge in [0.15, 0.2) is 0 Å². The molecule has 0 fully saturated rings. The van der Waals surface area contributed by atoms with E-state index in [-0.39, 0.29) is 25.8 Å². The molecule has 0 heterocycles. The fourth-order valence-electron chi connectivity index (χ4n) is 1.73. The fraction of sp³-hybridized carbons (Fsp3) is 0.818. The lowest BCUT2D eigenvalue weighted by molar-refractivity contribution is -0.0844. The van der Waals surface area contributed by atoms with Gasteiger partial charge in [0.1, 0.15) is 13.6 Å². The molecule has 0 saturated heterocycles. The molecule has 0 spiro atoms. The summed E-state index contributed by atoms with van der Waals surface area (Å²) in [6, 6.07) is 0. The Kier molecular flexibility index (Phi) is 5.94. The third kappa shape index (κ3) is 3.84. The van der Waals surface area contributed by atoms with Crippen LogP contribution in [0, 0.1) is 0 Å². The normalized spacial score (nSPS) is 26.9. The highest BCUT2D eigenvalue weighted by Crippen LogP contribution is 2.26. The van der Waals surface area contributed by atoms with E-state index in [1.165, 1.54) is 0 Å². The molecule has 0 saturated carbocycles. The van der Waals surface area contributed by atoms with Gasteiger partial charge >= 0.3 is 0 Å². The van der Waals surface area contributed by atoms with Gasteiger partial charge in [0.2, 0.25) is 0 Å². The SMILES string of the molecule is COCO[C@@H](C)C1=CC(O)C[C@H]1OCOC. The highest BCUT2D eigenvalue weighted by Gasteiger charge is 2.29. The number of aliphatic hydroxyl groups is 1. The van der Waals surface area contributed by atoms with Crippen LogP contribution in [0.2, 0.25) is 0 Å². The molecule has 94 valence electrons. The lowest BCUT2D eigenvalue weighted by atomic mass is 10.1. The van der Waals surface area contributed by atoms with E-state index in [1.54, 1.807) is 20.3 Å². The Morgan fingerprint density at radius 2 is 2.06 bits per heavy atom. The van der Waals surface area contributed by atoms with Crippen molar-refractivity contribution in [3.8, 4) is 0 Å². The topological polar surface area (TPSA) is 57.2 Å². The first-order valence-electron chi connectivity index (χ1n) is 5.29. The van der Waals surface area contributed by atoms with Crippen LogP contribution in [0.5, 0.6) is 0 Å². The summed E-state index contributed by atoms with van der Waals surface area (Å²) in [5, 5.41) is 9.56. The van der Waals surface area contributed by atoms with Gasteiger partial charge in [-0.15, -0.1) is 0 Å². The molecule has 0 aromatic rings. The second-order valence-electron chi connectivity index (χ2n) is 3.75. The molecule has 5 nitrogen and oxygen atoms in total. The maximum atomic E-state index is 9.56. The summed E-state index contributed by atoms with van der Waals surface area (Å²) in [4.78, 5) is 0. The van der Waals surface area contributed by atoms with Gasteiger partial charge in [-0.1, -0.05) is 6.08 Å². The van der Waals surface area contributed by atoms with Crippen molar-refractivity contribution in [1.29, 1.82) is 0 Å². The van der Waals surface area contributed by atoms with Gasteiger partial charge in [-0.3, -0.25) is 0 Å². The van der Waals surface area contributed by atoms with Crippen LogP contribution in [0.15, 0.2) is 11.6 Å². The van der Waals surface area contributed by atoms with Gasteiger partial charge in [-0.2, -0.15) is 0 Å². The van der Waals surface area contributed by atoms with Crippen LogP contribution in [0.4, 0.5) is 0 Å². The molecule has 0 amide bonds. The van der Waals surface area contributed by atoms with Crippen molar-refractivity contribution >= 4 is 0 Å². The first kappa shape index (κ1) is 13.6. The van der Waals surface area contributed by atoms with Gasteiger partial charge in [-0.05, 0) is 12.5 Å². The van der Waals surface area contributed by atoms with Gasteiger partial charge < -0.3 is 24.1 Å². The number of hydrogen-bond acceptors (Lipinski definition) is 5. The first-order valence-corrected chi connectivity index (χ1v) is 5.29. The lowest BCUT2D eigenvalue weighted by Crippen LogP contribution is -2.24. The Balaban J connectivity index is 2.49. The molecular formula is C11H20O5. The van der Waals surface area contributed by atoms with Crippen molar-refractivity contribution in [2.24, 2.45) is 0 Å². The predicted molar refractivity (Wildman–Crippen MR) is 57.9 cm³/mol. The number of rotatable bonds is 7. The van der Waals surface area contributed by atoms with Gasteiger partial charge in [0.25, 0.3) is 0 Å². The van der Waals surface area contributed by atoms with Crippen LogP contribution in [0.25, 0.3) is 0 Å². The van der Waals surface area contributed by atoms with E-state index in [2.05, 4.69) is 0 Å². The maximum Gasteiger partial charge on any atom is 0.147 e. The molecule has 5 heteroatoms. The zero-order valence-electron chi connectivity index (χ0n) is 10.0. The van der Waals surface area contributed by atoms with Crippen LogP contribution in [0.3, 0.4) is 0 Å². The Bertz CT molecular complexity index is 228. The largest absolute Gasteiger partial charge is 0.389 e. The Morgan fingerprint density at radius 3 is 2.69 bits per heavy atom. The summed E-state index contributed by atoms with van der Waals surface area (Å²) in [5.74, 6) is 0. The second-order valence-corrected chi connectivity index (χ2v) is 3.75. The zero-order valence-corrected chi connectivity index (χ0v) is 10.0. The second kappa shape index (κ2) is 6.98. The average Bonchev–Trinajstić information content (AvgIpc) is 2.64. The van der Waals surface area contributed by atoms with E-state index in [0.717, 1.165) is 5.57 Å². The molecule has 1 aliphatic carbocycles. The Morgan fingerprint density at radius 1 is 1.38 bits per heavy atom. The summed E-state index contributed by atoms with van der Waals surface area (Å²) < 4.78 is 20.6. The minimum atomic E-state index is -0.467. The number of hydrogen-bond donors (Lipinski definition) is 1. The summed E-state index contributed by atoms with van der Waals surface area (Å²) in [6.45, 7) is 2.35. The molecule has 0 aromatic carbocycles. The highest BCUT2D eigenvalue weighted by molar-refractivity contribution is 5.21. The highest BCUT2D eigenvalue weighted by atomic mass is 16.7. The van der Waals surface area contributed by atoms with Crippen LogP contribution in [-0.2, 0) is 18.9 Å². The number of methoxy groups -OCH3 is 2. The maximum absolute atomic E-state index is 9.56. The smallest absolute Gasteiger partial charge is 0.147 e. The molecule has 0 radical (unpaired) electrons. The molecule has 0 aliphatic heterocycles. The minimum Gasteiger partial charge on any atom is -0.389 e. The van der Waals surface area contributed by atoms with Crippen molar-refractivity contribution in [2.45, 2.75) is 31.7 Å². The monoisotopic (exact) mass is 232 g/mol. The van der Waals surface area contributed by atoms with Crippen molar-refractivity contribution in [1.82, 2.24) is 0 Å². The van der Waals surface area contributed by atoms with Gasteiger partial charge in [-0.25, -0.2) is 0 Å². The Hall–Kier alpha value is -0.460. The predicted octanol–water partition coefficient (Wildman–Crippen LogP) is 0.675. The number of aliphatic hydroxyl groups excluding tert-OH is 1. The third-order valence-corrected chi connectivity index (χ3v) is 2.50. The quantitative estimate of drug-likeness (QED) is 0.516. The molecule has 3 atom stereocenters. The molecule has 1 rings (SSSR count). The zero-order chi connectivity index (χ0) is 12.0. The summed E-state index contributed by atoms with van der Waals surface area (Å²) in [7, 11) is 3.14. The molecule has 0 aromatic heterocycles. The summed E-state index contributed by atoms with van der Waals surface area (Å²) in [5.41, 5.74) is 0.946. The van der Waals surface area contributed by atoms with Gasteiger partial charge in [0, 0.05) is 20.6 Å². The van der Waals surface area contributed by atoms with E-state index >= 15 is 0 Å². The molecule has 1 N–H and O–H groups in total. The lowest BCUT2D eigenvalue weighted by Gasteiger charge is -2.20. The van der Waals surface area contributed by atoms with Crippen LogP contribution in [0.1, 0.15) is 13.3 Å². The van der Waals surface area contributed by atoms with E-state index in [9.17, 15) is 5.11 Å². The van der Waals surface area contributed by atoms with Crippen LogP contribution < -0.4 is 0 Å². The van der Waals surface area contributed by atoms with Crippen molar-refractivity contribution in [3.05, 3.63) is 11.6 Å². The molecule has 1 aliphatic rings. The molecule has 16 heavy (non-hydrogen) atoms. The minimum absolute atomic E-state index is 0.126. The van der Waals surface area contributed by atoms with Crippen molar-refractivity contribution in [2.75, 3.05) is 27.8 Å². The summed E-state index contributed by atoms with van der Waals surface area (Å²) >= 11 is 0. The van der Waals surface area contributed by atoms with Crippen LogP contribution in [-0.4, -0.2) is 51.2 Å². The number of ether oxygens (including phenoxy) is 4. The van der Waals surface area contributed by atoms with E-state index in [0.29, 0.717) is 6.42 Å². The van der Waals surface area contributed by atoms with E-state index in [1.807, 2.05) is 6.92 Å². The standard InChI is InChI=1S/C11H20O5/c1-8(15-6-13-2)10-4-9(12)5-11(10)16-7-14-3/h4,8-9,11-12H,5-7H2,1-3H3/t8-,9?,11+/m0/s1. The summed E-state index contributed by atoms with van der Waals surface area (Å²) in [6.07, 6.45) is 1.60. The Labute approximate surface area is 95.9 Å². The van der Waals surface area contributed by atoms with Crippen molar-refractivity contribution < 1.29 is 24.1 Å². The fourth-order valence-corrected chi connectivity index (χ4v) is 1.73.